The number of aromatic nitrogens is 2. The first-order valence-electron chi connectivity index (χ1n) is 10.8. The Kier molecular flexibility index (Phi) is 6.40. The van der Waals surface area contributed by atoms with Crippen LogP contribution in [0.2, 0.25) is 0 Å². The highest BCUT2D eigenvalue weighted by atomic mass is 79.9. The third kappa shape index (κ3) is 4.65. The van der Waals surface area contributed by atoms with E-state index in [-0.39, 0.29) is 17.2 Å². The van der Waals surface area contributed by atoms with Gasteiger partial charge in [0.2, 0.25) is 5.91 Å². The second-order valence-corrected chi connectivity index (χ2v) is 11.0. The second kappa shape index (κ2) is 9.44. The summed E-state index contributed by atoms with van der Waals surface area (Å²) in [5.74, 6) is 0.0166. The maximum atomic E-state index is 13.7. The number of carbonyl (C=O) groups is 1. The lowest BCUT2D eigenvalue weighted by Crippen LogP contribution is -2.23. The molecule has 5 rings (SSSR count). The number of nitrogens with zero attached hydrogens (tertiary/aromatic N) is 2. The number of thioether (sulfide) groups is 1. The molecule has 1 amide bonds. The van der Waals surface area contributed by atoms with Crippen LogP contribution in [0.1, 0.15) is 28.8 Å². The number of amides is 1. The van der Waals surface area contributed by atoms with Gasteiger partial charge in [-0.1, -0.05) is 45.4 Å². The maximum absolute atomic E-state index is 13.7. The van der Waals surface area contributed by atoms with Crippen molar-refractivity contribution >= 4 is 60.8 Å². The molecule has 1 N–H and O–H groups in total. The Hall–Kier alpha value is -2.42. The summed E-state index contributed by atoms with van der Waals surface area (Å²) in [4.78, 5) is 33.3. The quantitative estimate of drug-likeness (QED) is 0.245. The average molecular weight is 541 g/mol. The molecule has 0 unspecified atom stereocenters. The predicted octanol–water partition coefficient (Wildman–Crippen LogP) is 6.13. The Bertz CT molecular complexity index is 1390. The number of hydrogen-bond donors (Lipinski definition) is 1. The fraction of sp³-hybridized carbons (Fsp3) is 0.240. The summed E-state index contributed by atoms with van der Waals surface area (Å²) in [5.41, 5.74) is 3.75. The monoisotopic (exact) mass is 539 g/mol. The zero-order valence-electron chi connectivity index (χ0n) is 18.1. The maximum Gasteiger partial charge on any atom is 0.267 e. The SMILES string of the molecule is Cc1ccc(-n2c(SCC(=O)Nc3ccc(Br)cc3)nc3sc4c(c3c2=O)CCCC4)cc1. The molecule has 2 heterocycles. The van der Waals surface area contributed by atoms with E-state index in [0.717, 1.165) is 57.3 Å². The molecule has 0 bridgehead atoms. The van der Waals surface area contributed by atoms with E-state index in [4.69, 9.17) is 4.98 Å². The van der Waals surface area contributed by atoms with Gasteiger partial charge in [-0.3, -0.25) is 14.2 Å². The molecule has 8 heteroatoms. The standard InChI is InChI=1S/C25H22BrN3O2S2/c1-15-6-12-18(13-7-15)29-24(31)22-19-4-2-3-5-20(19)33-23(22)28-25(29)32-14-21(30)27-17-10-8-16(26)9-11-17/h6-13H,2-5,14H2,1H3,(H,27,30). The molecule has 4 aromatic rings. The Morgan fingerprint density at radius 3 is 2.61 bits per heavy atom. The zero-order valence-corrected chi connectivity index (χ0v) is 21.3. The number of carbonyl (C=O) groups excluding carboxylic acids is 1. The first kappa shape index (κ1) is 22.4. The zero-order chi connectivity index (χ0) is 22.9. The van der Waals surface area contributed by atoms with Gasteiger partial charge in [0, 0.05) is 15.0 Å². The number of fused-ring (bicyclic) bond motifs is 3. The van der Waals surface area contributed by atoms with Gasteiger partial charge in [0.05, 0.1) is 16.8 Å². The molecule has 0 atom stereocenters. The van der Waals surface area contributed by atoms with Gasteiger partial charge in [-0.05, 0) is 74.6 Å². The molecule has 0 saturated carbocycles. The molecular formula is C25H22BrN3O2S2. The van der Waals surface area contributed by atoms with Gasteiger partial charge in [-0.25, -0.2) is 4.98 Å². The summed E-state index contributed by atoms with van der Waals surface area (Å²) in [7, 11) is 0. The normalized spacial score (nSPS) is 13.2. The molecule has 2 aromatic heterocycles. The molecule has 5 nitrogen and oxygen atoms in total. The van der Waals surface area contributed by atoms with E-state index in [9.17, 15) is 9.59 Å². The number of anilines is 1. The smallest absolute Gasteiger partial charge is 0.267 e. The minimum absolute atomic E-state index is 0.0425. The van der Waals surface area contributed by atoms with Crippen LogP contribution in [0.4, 0.5) is 5.69 Å². The predicted molar refractivity (Wildman–Crippen MR) is 140 cm³/mol. The highest BCUT2D eigenvalue weighted by Gasteiger charge is 2.23. The van der Waals surface area contributed by atoms with Crippen LogP contribution in [0.5, 0.6) is 0 Å². The molecule has 0 fully saturated rings. The summed E-state index contributed by atoms with van der Waals surface area (Å²) in [6.07, 6.45) is 4.21. The number of halogens is 1. The van der Waals surface area contributed by atoms with E-state index in [1.165, 1.54) is 22.2 Å². The Balaban J connectivity index is 1.51. The molecule has 0 radical (unpaired) electrons. The van der Waals surface area contributed by atoms with E-state index in [1.807, 2.05) is 55.5 Å². The first-order chi connectivity index (χ1) is 16.0. The van der Waals surface area contributed by atoms with E-state index in [0.29, 0.717) is 5.16 Å². The van der Waals surface area contributed by atoms with Gasteiger partial charge in [0.1, 0.15) is 4.83 Å². The molecule has 168 valence electrons. The van der Waals surface area contributed by atoms with Crippen molar-refractivity contribution in [1.29, 1.82) is 0 Å². The summed E-state index contributed by atoms with van der Waals surface area (Å²) in [5, 5.41) is 4.20. The Morgan fingerprint density at radius 1 is 1.12 bits per heavy atom. The van der Waals surface area contributed by atoms with Crippen molar-refractivity contribution in [1.82, 2.24) is 9.55 Å². The van der Waals surface area contributed by atoms with Crippen molar-refractivity contribution in [2.24, 2.45) is 0 Å². The molecule has 1 aliphatic carbocycles. The summed E-state index contributed by atoms with van der Waals surface area (Å²) in [6, 6.07) is 15.3. The number of rotatable bonds is 5. The van der Waals surface area contributed by atoms with Crippen LogP contribution in [0.15, 0.2) is 63.0 Å². The number of aryl methyl sites for hydroxylation is 3. The Morgan fingerprint density at radius 2 is 1.85 bits per heavy atom. The van der Waals surface area contributed by atoms with Crippen LogP contribution in [-0.2, 0) is 17.6 Å². The molecule has 0 aliphatic heterocycles. The van der Waals surface area contributed by atoms with Crippen molar-refractivity contribution in [3.8, 4) is 5.69 Å². The van der Waals surface area contributed by atoms with Gasteiger partial charge in [-0.2, -0.15) is 0 Å². The summed E-state index contributed by atoms with van der Waals surface area (Å²) >= 11 is 6.32. The highest BCUT2D eigenvalue weighted by molar-refractivity contribution is 9.10. The average Bonchev–Trinajstić information content (AvgIpc) is 3.19. The molecular weight excluding hydrogens is 518 g/mol. The van der Waals surface area contributed by atoms with Crippen molar-refractivity contribution < 1.29 is 4.79 Å². The molecule has 33 heavy (non-hydrogen) atoms. The van der Waals surface area contributed by atoms with E-state index >= 15 is 0 Å². The summed E-state index contributed by atoms with van der Waals surface area (Å²) < 4.78 is 2.62. The fourth-order valence-corrected chi connectivity index (χ4v) is 6.44. The Labute approximate surface area is 208 Å². The van der Waals surface area contributed by atoms with Crippen LogP contribution < -0.4 is 10.9 Å². The number of hydrogen-bond acceptors (Lipinski definition) is 5. The van der Waals surface area contributed by atoms with Crippen LogP contribution >= 0.6 is 39.0 Å². The topological polar surface area (TPSA) is 64.0 Å². The van der Waals surface area contributed by atoms with Gasteiger partial charge >= 0.3 is 0 Å². The number of benzene rings is 2. The lowest BCUT2D eigenvalue weighted by Gasteiger charge is -2.14. The van der Waals surface area contributed by atoms with E-state index < -0.39 is 0 Å². The molecule has 2 aromatic carbocycles. The minimum atomic E-state index is -0.141. The molecule has 0 saturated heterocycles. The van der Waals surface area contributed by atoms with Crippen LogP contribution in [0.3, 0.4) is 0 Å². The lowest BCUT2D eigenvalue weighted by molar-refractivity contribution is -0.113. The van der Waals surface area contributed by atoms with Gasteiger partial charge in [0.15, 0.2) is 5.16 Å². The third-order valence-corrected chi connectivity index (χ3v) is 8.36. The largest absolute Gasteiger partial charge is 0.325 e. The van der Waals surface area contributed by atoms with Gasteiger partial charge in [-0.15, -0.1) is 11.3 Å². The minimum Gasteiger partial charge on any atom is -0.325 e. The first-order valence-corrected chi connectivity index (χ1v) is 13.4. The third-order valence-electron chi connectivity index (χ3n) is 5.71. The van der Waals surface area contributed by atoms with Crippen molar-refractivity contribution in [2.45, 2.75) is 37.8 Å². The molecule has 0 spiro atoms. The highest BCUT2D eigenvalue weighted by Crippen LogP contribution is 2.35. The second-order valence-electron chi connectivity index (χ2n) is 8.11. The van der Waals surface area contributed by atoms with E-state index in [2.05, 4.69) is 21.2 Å². The van der Waals surface area contributed by atoms with Gasteiger partial charge < -0.3 is 5.32 Å². The van der Waals surface area contributed by atoms with Crippen LogP contribution in [0, 0.1) is 6.92 Å². The summed E-state index contributed by atoms with van der Waals surface area (Å²) in [6.45, 7) is 2.02. The lowest BCUT2D eigenvalue weighted by atomic mass is 9.97. The van der Waals surface area contributed by atoms with Crippen molar-refractivity contribution in [2.75, 3.05) is 11.1 Å². The number of nitrogens with one attached hydrogen (secondary N) is 1. The van der Waals surface area contributed by atoms with E-state index in [1.54, 1.807) is 15.9 Å². The number of thiophene rings is 1. The fourth-order valence-electron chi connectivity index (χ4n) is 4.07. The van der Waals surface area contributed by atoms with Crippen molar-refractivity contribution in [3.63, 3.8) is 0 Å². The van der Waals surface area contributed by atoms with Crippen LogP contribution in [-0.4, -0.2) is 21.2 Å². The van der Waals surface area contributed by atoms with Gasteiger partial charge in [0.25, 0.3) is 5.56 Å². The van der Waals surface area contributed by atoms with Crippen molar-refractivity contribution in [3.05, 3.63) is 79.4 Å². The molecule has 1 aliphatic rings. The van der Waals surface area contributed by atoms with Crippen LogP contribution in [0.25, 0.3) is 15.9 Å².